The molecule has 0 spiro atoms. The Morgan fingerprint density at radius 3 is 2.50 bits per heavy atom. The van der Waals surface area contributed by atoms with Gasteiger partial charge in [0.05, 0.1) is 17.4 Å². The summed E-state index contributed by atoms with van der Waals surface area (Å²) < 4.78 is 2.01. The second-order valence-corrected chi connectivity index (χ2v) is 7.74. The molecule has 146 valence electrons. The summed E-state index contributed by atoms with van der Waals surface area (Å²) in [6.45, 7) is 0.0581. The first-order valence-electron chi connectivity index (χ1n) is 9.85. The highest BCUT2D eigenvalue weighted by atomic mass is 16.2. The molecule has 0 radical (unpaired) electrons. The van der Waals surface area contributed by atoms with E-state index in [9.17, 15) is 9.59 Å². The molecule has 4 rings (SSSR count). The Hall–Kier alpha value is -2.89. The van der Waals surface area contributed by atoms with Gasteiger partial charge < -0.3 is 9.47 Å². The van der Waals surface area contributed by atoms with Crippen LogP contribution in [0.3, 0.4) is 0 Å². The van der Waals surface area contributed by atoms with Crippen LogP contribution in [-0.2, 0) is 16.6 Å². The third kappa shape index (κ3) is 3.46. The van der Waals surface area contributed by atoms with E-state index in [-0.39, 0.29) is 30.3 Å². The monoisotopic (exact) mass is 378 g/mol. The highest BCUT2D eigenvalue weighted by Crippen LogP contribution is 2.33. The number of carbonyl (C=O) groups excluding carboxylic acids is 2. The molecule has 1 aliphatic carbocycles. The van der Waals surface area contributed by atoms with Crippen LogP contribution in [0, 0.1) is 5.92 Å². The summed E-state index contributed by atoms with van der Waals surface area (Å²) in [5, 5.41) is 6.25. The van der Waals surface area contributed by atoms with Gasteiger partial charge in [-0.05, 0) is 30.5 Å². The number of hydrogen-bond donors (Lipinski definition) is 0. The molecular weight excluding hydrogens is 352 g/mol. The van der Waals surface area contributed by atoms with Gasteiger partial charge in [0.2, 0.25) is 5.91 Å². The number of likely N-dealkylation sites (N-methyl/N-ethyl adjacent to an activating group) is 1. The van der Waals surface area contributed by atoms with Crippen molar-refractivity contribution in [2.24, 2.45) is 18.1 Å². The van der Waals surface area contributed by atoms with E-state index in [1.807, 2.05) is 60.3 Å². The number of hydrogen-bond acceptors (Lipinski definition) is 3. The number of benzene rings is 1. The van der Waals surface area contributed by atoms with Crippen LogP contribution in [0.15, 0.2) is 53.8 Å². The number of amides is 2. The zero-order valence-electron chi connectivity index (χ0n) is 16.4. The molecular formula is C22H26N4O2. The molecule has 1 aromatic heterocycles. The second kappa shape index (κ2) is 7.62. The zero-order valence-corrected chi connectivity index (χ0v) is 16.4. The largest absolute Gasteiger partial charge is 0.350 e. The molecule has 6 heteroatoms. The van der Waals surface area contributed by atoms with Gasteiger partial charge in [-0.25, -0.2) is 5.01 Å². The lowest BCUT2D eigenvalue weighted by atomic mass is 9.84. The molecule has 1 saturated carbocycles. The van der Waals surface area contributed by atoms with Crippen molar-refractivity contribution in [3.8, 4) is 0 Å². The Bertz CT molecular complexity index is 898. The third-order valence-electron chi connectivity index (χ3n) is 5.79. The van der Waals surface area contributed by atoms with Gasteiger partial charge in [0.15, 0.2) is 0 Å². The quantitative estimate of drug-likeness (QED) is 0.803. The van der Waals surface area contributed by atoms with E-state index < -0.39 is 0 Å². The van der Waals surface area contributed by atoms with Crippen molar-refractivity contribution in [1.82, 2.24) is 14.5 Å². The molecule has 1 aromatic carbocycles. The maximum absolute atomic E-state index is 13.1. The number of aromatic nitrogens is 1. The van der Waals surface area contributed by atoms with Gasteiger partial charge in [0.1, 0.15) is 6.54 Å². The molecule has 1 fully saturated rings. The minimum Gasteiger partial charge on any atom is -0.350 e. The van der Waals surface area contributed by atoms with Crippen molar-refractivity contribution in [3.05, 3.63) is 59.9 Å². The number of hydrazone groups is 1. The van der Waals surface area contributed by atoms with Gasteiger partial charge in [-0.15, -0.1) is 0 Å². The Labute approximate surface area is 165 Å². The molecule has 0 saturated heterocycles. The molecule has 0 bridgehead atoms. The minimum atomic E-state index is -0.147. The van der Waals surface area contributed by atoms with E-state index in [0.717, 1.165) is 36.2 Å². The molecule has 2 heterocycles. The van der Waals surface area contributed by atoms with Gasteiger partial charge in [-0.2, -0.15) is 5.10 Å². The summed E-state index contributed by atoms with van der Waals surface area (Å²) in [5.74, 6) is 0.0126. The predicted octanol–water partition coefficient (Wildman–Crippen LogP) is 2.96. The van der Waals surface area contributed by atoms with Crippen molar-refractivity contribution >= 4 is 17.5 Å². The Morgan fingerprint density at radius 1 is 1.14 bits per heavy atom. The molecule has 1 atom stereocenters. The topological polar surface area (TPSA) is 57.9 Å². The van der Waals surface area contributed by atoms with Gasteiger partial charge in [-0.1, -0.05) is 36.8 Å². The SMILES string of the molecule is CN(CC(=O)N1N=C(c2cccn2C)CC1c1ccccc1)C(=O)C1CCC1. The molecule has 28 heavy (non-hydrogen) atoms. The van der Waals surface area contributed by atoms with Gasteiger partial charge in [-0.3, -0.25) is 9.59 Å². The fourth-order valence-electron chi connectivity index (χ4n) is 3.91. The Balaban J connectivity index is 1.56. The maximum atomic E-state index is 13.1. The number of aryl methyl sites for hydroxylation is 1. The molecule has 2 aliphatic rings. The van der Waals surface area contributed by atoms with Gasteiger partial charge >= 0.3 is 0 Å². The molecule has 1 aliphatic heterocycles. The fourth-order valence-corrected chi connectivity index (χ4v) is 3.91. The summed E-state index contributed by atoms with van der Waals surface area (Å²) in [4.78, 5) is 27.1. The predicted molar refractivity (Wildman–Crippen MR) is 108 cm³/mol. The van der Waals surface area contributed by atoms with Crippen LogP contribution in [0.5, 0.6) is 0 Å². The van der Waals surface area contributed by atoms with Gasteiger partial charge in [0, 0.05) is 32.6 Å². The maximum Gasteiger partial charge on any atom is 0.262 e. The summed E-state index contributed by atoms with van der Waals surface area (Å²) in [5.41, 5.74) is 2.95. The van der Waals surface area contributed by atoms with E-state index in [2.05, 4.69) is 5.10 Å². The molecule has 1 unspecified atom stereocenters. The summed E-state index contributed by atoms with van der Waals surface area (Å²) >= 11 is 0. The van der Waals surface area contributed by atoms with E-state index in [1.165, 1.54) is 0 Å². The normalized spacial score (nSPS) is 19.3. The van der Waals surface area contributed by atoms with E-state index in [4.69, 9.17) is 0 Å². The Morgan fingerprint density at radius 2 is 1.89 bits per heavy atom. The Kier molecular flexibility index (Phi) is 5.03. The van der Waals surface area contributed by atoms with Crippen LogP contribution in [0.4, 0.5) is 0 Å². The highest BCUT2D eigenvalue weighted by Gasteiger charge is 2.35. The van der Waals surface area contributed by atoms with Crippen molar-refractivity contribution in [3.63, 3.8) is 0 Å². The summed E-state index contributed by atoms with van der Waals surface area (Å²) in [6, 6.07) is 13.8. The lowest BCUT2D eigenvalue weighted by Crippen LogP contribution is -2.42. The van der Waals surface area contributed by atoms with E-state index >= 15 is 0 Å². The molecule has 6 nitrogen and oxygen atoms in total. The summed E-state index contributed by atoms with van der Waals surface area (Å²) in [6.07, 6.45) is 5.61. The van der Waals surface area contributed by atoms with Crippen LogP contribution in [0.1, 0.15) is 43.0 Å². The molecule has 0 N–H and O–H groups in total. The first-order chi connectivity index (χ1) is 13.5. The van der Waals surface area contributed by atoms with Gasteiger partial charge in [0.25, 0.3) is 5.91 Å². The third-order valence-corrected chi connectivity index (χ3v) is 5.79. The first kappa shape index (κ1) is 18.5. The van der Waals surface area contributed by atoms with Crippen molar-refractivity contribution in [2.75, 3.05) is 13.6 Å². The average Bonchev–Trinajstić information content (AvgIpc) is 3.27. The highest BCUT2D eigenvalue weighted by molar-refractivity contribution is 6.02. The van der Waals surface area contributed by atoms with Crippen molar-refractivity contribution in [2.45, 2.75) is 31.7 Å². The lowest BCUT2D eigenvalue weighted by Gasteiger charge is -2.30. The van der Waals surface area contributed by atoms with Crippen molar-refractivity contribution < 1.29 is 9.59 Å². The first-order valence-corrected chi connectivity index (χ1v) is 9.85. The molecule has 2 aromatic rings. The summed E-state index contributed by atoms with van der Waals surface area (Å²) in [7, 11) is 3.69. The second-order valence-electron chi connectivity index (χ2n) is 7.74. The van der Waals surface area contributed by atoms with E-state index in [1.54, 1.807) is 17.0 Å². The standard InChI is InChI=1S/C22H26N4O2/c1-24-13-7-12-19(24)18-14-20(16-8-4-3-5-9-16)26(23-18)21(27)15-25(2)22(28)17-10-6-11-17/h3-5,7-9,12-13,17,20H,6,10-11,14-15H2,1-2H3. The van der Waals surface area contributed by atoms with Crippen LogP contribution >= 0.6 is 0 Å². The van der Waals surface area contributed by atoms with Crippen LogP contribution in [0.2, 0.25) is 0 Å². The average molecular weight is 378 g/mol. The lowest BCUT2D eigenvalue weighted by molar-refractivity contribution is -0.144. The van der Waals surface area contributed by atoms with Crippen molar-refractivity contribution in [1.29, 1.82) is 0 Å². The van der Waals surface area contributed by atoms with Crippen LogP contribution in [0.25, 0.3) is 0 Å². The van der Waals surface area contributed by atoms with Crippen LogP contribution in [-0.4, -0.2) is 45.6 Å². The zero-order chi connectivity index (χ0) is 19.7. The number of rotatable bonds is 5. The smallest absolute Gasteiger partial charge is 0.262 e. The number of nitrogens with zero attached hydrogens (tertiary/aromatic N) is 4. The van der Waals surface area contributed by atoms with Crippen LogP contribution < -0.4 is 0 Å². The minimum absolute atomic E-state index is 0.0581. The molecule has 2 amide bonds. The fraction of sp³-hybridized carbons (Fsp3) is 0.409. The van der Waals surface area contributed by atoms with E-state index in [0.29, 0.717) is 6.42 Å². The number of carbonyl (C=O) groups is 2.